The summed E-state index contributed by atoms with van der Waals surface area (Å²) in [6.07, 6.45) is 0.670. The molecule has 0 aliphatic heterocycles. The van der Waals surface area contributed by atoms with E-state index >= 15 is 0 Å². The van der Waals surface area contributed by atoms with E-state index in [4.69, 9.17) is 33.7 Å². The Hall–Kier alpha value is -0.530. The number of sulfonamides is 1. The minimum absolute atomic E-state index is 0.0394. The van der Waals surface area contributed by atoms with Gasteiger partial charge in [0.05, 0.1) is 22.3 Å². The summed E-state index contributed by atoms with van der Waals surface area (Å²) in [6, 6.07) is 2.62. The van der Waals surface area contributed by atoms with Crippen molar-refractivity contribution in [2.45, 2.75) is 31.2 Å². The lowest BCUT2D eigenvalue weighted by Gasteiger charge is -2.28. The van der Waals surface area contributed by atoms with Crippen LogP contribution in [0.15, 0.2) is 17.0 Å². The average molecular weight is 355 g/mol. The number of benzene rings is 1. The summed E-state index contributed by atoms with van der Waals surface area (Å²) in [5.74, 6) is 0. The largest absolute Gasteiger partial charge is 0.396 e. The van der Waals surface area contributed by atoms with Crippen molar-refractivity contribution >= 4 is 38.9 Å². The molecule has 1 atom stereocenters. The van der Waals surface area contributed by atoms with Crippen molar-refractivity contribution in [1.82, 2.24) is 4.31 Å². The number of methoxy groups -OCH3 is 1. The molecule has 1 unspecified atom stereocenters. The van der Waals surface area contributed by atoms with E-state index in [0.29, 0.717) is 13.0 Å². The van der Waals surface area contributed by atoms with Crippen LogP contribution in [-0.4, -0.2) is 39.0 Å². The summed E-state index contributed by atoms with van der Waals surface area (Å²) in [7, 11) is -2.25. The van der Waals surface area contributed by atoms with Crippen molar-refractivity contribution in [2.75, 3.05) is 26.0 Å². The second kappa shape index (κ2) is 7.65. The smallest absolute Gasteiger partial charge is 0.244 e. The van der Waals surface area contributed by atoms with E-state index in [1.165, 1.54) is 23.5 Å². The molecular formula is C13H20Cl2N2O3S. The molecule has 0 radical (unpaired) electrons. The Morgan fingerprint density at radius 1 is 1.38 bits per heavy atom. The molecule has 21 heavy (non-hydrogen) atoms. The zero-order valence-corrected chi connectivity index (χ0v) is 14.6. The van der Waals surface area contributed by atoms with Gasteiger partial charge in [-0.1, -0.05) is 30.1 Å². The number of nitrogen functional groups attached to an aromatic ring is 1. The lowest BCUT2D eigenvalue weighted by molar-refractivity contribution is 0.167. The van der Waals surface area contributed by atoms with Gasteiger partial charge in [-0.05, 0) is 25.5 Å². The summed E-state index contributed by atoms with van der Waals surface area (Å²) in [5.41, 5.74) is 5.78. The van der Waals surface area contributed by atoms with Gasteiger partial charge >= 0.3 is 0 Å². The second-order valence-electron chi connectivity index (χ2n) is 4.64. The van der Waals surface area contributed by atoms with Crippen LogP contribution >= 0.6 is 23.2 Å². The Morgan fingerprint density at radius 3 is 2.52 bits per heavy atom. The Labute approximate surface area is 136 Å². The summed E-state index contributed by atoms with van der Waals surface area (Å²) >= 11 is 11.9. The molecule has 1 rings (SSSR count). The van der Waals surface area contributed by atoms with Gasteiger partial charge in [-0.25, -0.2) is 8.42 Å². The molecule has 0 saturated carbocycles. The SMILES string of the molecule is CCC(C)N(CCOC)S(=O)(=O)c1ccc(Cl)c(N)c1Cl. The van der Waals surface area contributed by atoms with Gasteiger partial charge in [0.15, 0.2) is 0 Å². The Morgan fingerprint density at radius 2 is 2.00 bits per heavy atom. The van der Waals surface area contributed by atoms with E-state index in [0.717, 1.165) is 0 Å². The van der Waals surface area contributed by atoms with Crippen molar-refractivity contribution in [3.63, 3.8) is 0 Å². The highest BCUT2D eigenvalue weighted by molar-refractivity contribution is 7.89. The van der Waals surface area contributed by atoms with E-state index in [9.17, 15) is 8.42 Å². The van der Waals surface area contributed by atoms with E-state index in [-0.39, 0.29) is 33.2 Å². The monoisotopic (exact) mass is 354 g/mol. The number of anilines is 1. The lowest BCUT2D eigenvalue weighted by Crippen LogP contribution is -2.40. The summed E-state index contributed by atoms with van der Waals surface area (Å²) < 4.78 is 32.0. The fourth-order valence-corrected chi connectivity index (χ4v) is 4.27. The van der Waals surface area contributed by atoms with Gasteiger partial charge in [-0.15, -0.1) is 0 Å². The highest BCUT2D eigenvalue weighted by atomic mass is 35.5. The lowest BCUT2D eigenvalue weighted by atomic mass is 10.3. The normalized spacial score (nSPS) is 13.6. The number of ether oxygens (including phenoxy) is 1. The van der Waals surface area contributed by atoms with Crippen LogP contribution in [0.1, 0.15) is 20.3 Å². The zero-order chi connectivity index (χ0) is 16.2. The second-order valence-corrected chi connectivity index (χ2v) is 7.28. The fraction of sp³-hybridized carbons (Fsp3) is 0.538. The zero-order valence-electron chi connectivity index (χ0n) is 12.3. The first kappa shape index (κ1) is 18.5. The Balaban J connectivity index is 3.32. The highest BCUT2D eigenvalue weighted by Gasteiger charge is 2.30. The first-order valence-corrected chi connectivity index (χ1v) is 8.71. The van der Waals surface area contributed by atoms with Crippen LogP contribution < -0.4 is 5.73 Å². The van der Waals surface area contributed by atoms with Gasteiger partial charge in [0.2, 0.25) is 10.0 Å². The molecule has 0 heterocycles. The number of hydrogen-bond acceptors (Lipinski definition) is 4. The molecule has 0 bridgehead atoms. The third-order valence-electron chi connectivity index (χ3n) is 3.28. The van der Waals surface area contributed by atoms with Crippen LogP contribution in [-0.2, 0) is 14.8 Å². The van der Waals surface area contributed by atoms with Crippen LogP contribution in [0, 0.1) is 0 Å². The highest BCUT2D eigenvalue weighted by Crippen LogP contribution is 2.35. The van der Waals surface area contributed by atoms with Gasteiger partial charge < -0.3 is 10.5 Å². The van der Waals surface area contributed by atoms with Gasteiger partial charge in [0.1, 0.15) is 4.90 Å². The minimum Gasteiger partial charge on any atom is -0.396 e. The van der Waals surface area contributed by atoms with Crippen molar-refractivity contribution in [3.8, 4) is 0 Å². The van der Waals surface area contributed by atoms with Gasteiger partial charge in [0, 0.05) is 19.7 Å². The Bertz CT molecular complexity index is 593. The van der Waals surface area contributed by atoms with E-state index in [1.807, 2.05) is 13.8 Å². The van der Waals surface area contributed by atoms with E-state index in [2.05, 4.69) is 0 Å². The van der Waals surface area contributed by atoms with Crippen LogP contribution in [0.5, 0.6) is 0 Å². The van der Waals surface area contributed by atoms with Crippen molar-refractivity contribution in [2.24, 2.45) is 0 Å². The van der Waals surface area contributed by atoms with Crippen LogP contribution in [0.2, 0.25) is 10.0 Å². The predicted octanol–water partition coefficient (Wildman–Crippen LogP) is 3.01. The van der Waals surface area contributed by atoms with Crippen molar-refractivity contribution in [1.29, 1.82) is 0 Å². The quantitative estimate of drug-likeness (QED) is 0.763. The fourth-order valence-electron chi connectivity index (χ4n) is 1.84. The molecule has 120 valence electrons. The number of rotatable bonds is 7. The van der Waals surface area contributed by atoms with Gasteiger partial charge in [-0.2, -0.15) is 4.31 Å². The molecular weight excluding hydrogens is 335 g/mol. The number of hydrogen-bond donors (Lipinski definition) is 1. The molecule has 0 aliphatic rings. The molecule has 2 N–H and O–H groups in total. The third kappa shape index (κ3) is 4.02. The molecule has 1 aromatic carbocycles. The summed E-state index contributed by atoms with van der Waals surface area (Å²) in [6.45, 7) is 4.29. The molecule has 8 heteroatoms. The van der Waals surface area contributed by atoms with E-state index < -0.39 is 10.0 Å². The number of nitrogens with two attached hydrogens (primary N) is 1. The maximum absolute atomic E-state index is 12.8. The maximum Gasteiger partial charge on any atom is 0.244 e. The molecule has 0 fully saturated rings. The van der Waals surface area contributed by atoms with Crippen LogP contribution in [0.3, 0.4) is 0 Å². The molecule has 1 aromatic rings. The Kier molecular flexibility index (Phi) is 6.74. The van der Waals surface area contributed by atoms with Crippen molar-refractivity contribution < 1.29 is 13.2 Å². The van der Waals surface area contributed by atoms with Gasteiger partial charge in [0.25, 0.3) is 0 Å². The van der Waals surface area contributed by atoms with Crippen LogP contribution in [0.4, 0.5) is 5.69 Å². The number of nitrogens with zero attached hydrogens (tertiary/aromatic N) is 1. The first-order valence-electron chi connectivity index (χ1n) is 6.51. The maximum atomic E-state index is 12.8. The predicted molar refractivity (Wildman–Crippen MR) is 86.4 cm³/mol. The van der Waals surface area contributed by atoms with Crippen LogP contribution in [0.25, 0.3) is 0 Å². The minimum atomic E-state index is -3.77. The summed E-state index contributed by atoms with van der Waals surface area (Å²) in [5, 5.41) is 0.180. The number of halogens is 2. The molecule has 5 nitrogen and oxygen atoms in total. The van der Waals surface area contributed by atoms with E-state index in [1.54, 1.807) is 0 Å². The molecule has 0 saturated heterocycles. The first-order chi connectivity index (χ1) is 9.77. The third-order valence-corrected chi connectivity index (χ3v) is 6.18. The van der Waals surface area contributed by atoms with Gasteiger partial charge in [-0.3, -0.25) is 0 Å². The van der Waals surface area contributed by atoms with Crippen molar-refractivity contribution in [3.05, 3.63) is 22.2 Å². The molecule has 0 spiro atoms. The topological polar surface area (TPSA) is 72.6 Å². The standard InChI is InChI=1S/C13H20Cl2N2O3S/c1-4-9(2)17(7-8-20-3)21(18,19)11-6-5-10(14)13(16)12(11)15/h5-6,9H,4,7-8,16H2,1-3H3. The summed E-state index contributed by atoms with van der Waals surface area (Å²) in [4.78, 5) is -0.0394. The molecule has 0 aliphatic carbocycles. The molecule has 0 amide bonds. The average Bonchev–Trinajstić information content (AvgIpc) is 2.44. The molecule has 0 aromatic heterocycles.